The van der Waals surface area contributed by atoms with Crippen LogP contribution in [-0.2, 0) is 4.79 Å². The summed E-state index contributed by atoms with van der Waals surface area (Å²) in [4.78, 5) is 24.4. The number of anilines is 1. The van der Waals surface area contributed by atoms with Gasteiger partial charge in [0.25, 0.3) is 0 Å². The van der Waals surface area contributed by atoms with Gasteiger partial charge in [-0.2, -0.15) is 0 Å². The molecule has 1 rings (SSSR count). The lowest BCUT2D eigenvalue weighted by Crippen LogP contribution is -2.46. The Morgan fingerprint density at radius 3 is 2.47 bits per heavy atom. The minimum absolute atomic E-state index is 0.408. The fraction of sp³-hybridized carbons (Fsp3) is 0.429. The zero-order valence-corrected chi connectivity index (χ0v) is 11.3. The van der Waals surface area contributed by atoms with Crippen LogP contribution < -0.4 is 10.2 Å². The predicted octanol–water partition coefficient (Wildman–Crippen LogP) is 2.48. The summed E-state index contributed by atoms with van der Waals surface area (Å²) in [5, 5.41) is 11.6. The Kier molecular flexibility index (Phi) is 5.85. The predicted molar refractivity (Wildman–Crippen MR) is 74.3 cm³/mol. The molecule has 0 aliphatic carbocycles. The number of aliphatic carboxylic acids is 1. The van der Waals surface area contributed by atoms with E-state index in [1.54, 1.807) is 19.2 Å². The largest absolute Gasteiger partial charge is 0.480 e. The number of nitrogens with zero attached hydrogens (tertiary/aromatic N) is 1. The molecule has 1 aromatic carbocycles. The molecule has 0 saturated carbocycles. The summed E-state index contributed by atoms with van der Waals surface area (Å²) in [5.41, 5.74) is 0.722. The van der Waals surface area contributed by atoms with Gasteiger partial charge in [-0.05, 0) is 18.6 Å². The molecule has 0 heterocycles. The standard InChI is InChI=1S/C14H20N2O3/c1-3-4-10-12(13(17)18)15-14(19)16(2)11-8-6-5-7-9-11/h5-9,12H,3-4,10H2,1-2H3,(H,15,19)(H,17,18). The van der Waals surface area contributed by atoms with Crippen LogP contribution in [0, 0.1) is 0 Å². The molecule has 0 aliphatic heterocycles. The molecule has 0 fully saturated rings. The maximum Gasteiger partial charge on any atom is 0.326 e. The van der Waals surface area contributed by atoms with Crippen LogP contribution in [0.1, 0.15) is 26.2 Å². The molecule has 0 spiro atoms. The van der Waals surface area contributed by atoms with Crippen LogP contribution in [-0.4, -0.2) is 30.2 Å². The van der Waals surface area contributed by atoms with E-state index in [4.69, 9.17) is 5.11 Å². The fourth-order valence-corrected chi connectivity index (χ4v) is 1.68. The number of rotatable bonds is 6. The van der Waals surface area contributed by atoms with Gasteiger partial charge < -0.3 is 10.4 Å². The molecule has 1 unspecified atom stereocenters. The summed E-state index contributed by atoms with van der Waals surface area (Å²) < 4.78 is 0. The molecule has 19 heavy (non-hydrogen) atoms. The number of carbonyl (C=O) groups is 2. The van der Waals surface area contributed by atoms with Crippen molar-refractivity contribution in [1.82, 2.24) is 5.32 Å². The third-order valence-electron chi connectivity index (χ3n) is 2.89. The first-order valence-electron chi connectivity index (χ1n) is 6.38. The van der Waals surface area contributed by atoms with Gasteiger partial charge in [-0.1, -0.05) is 38.0 Å². The smallest absolute Gasteiger partial charge is 0.326 e. The Hall–Kier alpha value is -2.04. The Morgan fingerprint density at radius 1 is 1.32 bits per heavy atom. The molecule has 5 nitrogen and oxygen atoms in total. The lowest BCUT2D eigenvalue weighted by molar-refractivity contribution is -0.139. The lowest BCUT2D eigenvalue weighted by atomic mass is 10.1. The van der Waals surface area contributed by atoms with Gasteiger partial charge in [0.15, 0.2) is 0 Å². The van der Waals surface area contributed by atoms with E-state index in [9.17, 15) is 9.59 Å². The van der Waals surface area contributed by atoms with Crippen LogP contribution in [0.2, 0.25) is 0 Å². The monoisotopic (exact) mass is 264 g/mol. The van der Waals surface area contributed by atoms with E-state index in [1.807, 2.05) is 25.1 Å². The molecule has 0 radical (unpaired) electrons. The minimum Gasteiger partial charge on any atom is -0.480 e. The second-order valence-corrected chi connectivity index (χ2v) is 4.38. The number of amides is 2. The number of hydrogen-bond acceptors (Lipinski definition) is 2. The summed E-state index contributed by atoms with van der Waals surface area (Å²) in [6.45, 7) is 1.98. The summed E-state index contributed by atoms with van der Waals surface area (Å²) in [7, 11) is 1.61. The molecule has 5 heteroatoms. The van der Waals surface area contributed by atoms with Gasteiger partial charge in [0.05, 0.1) is 0 Å². The molecule has 0 bridgehead atoms. The van der Waals surface area contributed by atoms with Gasteiger partial charge in [0.2, 0.25) is 0 Å². The molecule has 0 aromatic heterocycles. The normalized spacial score (nSPS) is 11.7. The number of carboxylic acids is 1. The quantitative estimate of drug-likeness (QED) is 0.829. The van der Waals surface area contributed by atoms with Gasteiger partial charge in [-0.3, -0.25) is 4.90 Å². The van der Waals surface area contributed by atoms with E-state index in [-0.39, 0.29) is 0 Å². The summed E-state index contributed by atoms with van der Waals surface area (Å²) in [5.74, 6) is -0.997. The summed E-state index contributed by atoms with van der Waals surface area (Å²) in [6, 6.07) is 7.85. The Balaban J connectivity index is 2.64. The Labute approximate surface area is 113 Å². The average Bonchev–Trinajstić information content (AvgIpc) is 2.43. The lowest BCUT2D eigenvalue weighted by Gasteiger charge is -2.21. The van der Waals surface area contributed by atoms with Gasteiger partial charge in [0.1, 0.15) is 6.04 Å². The molecule has 0 saturated heterocycles. The number of para-hydroxylation sites is 1. The van der Waals surface area contributed by atoms with Crippen LogP contribution in [0.4, 0.5) is 10.5 Å². The van der Waals surface area contributed by atoms with E-state index in [0.717, 1.165) is 18.5 Å². The van der Waals surface area contributed by atoms with Crippen molar-refractivity contribution < 1.29 is 14.7 Å². The van der Waals surface area contributed by atoms with Crippen LogP contribution in [0.15, 0.2) is 30.3 Å². The van der Waals surface area contributed by atoms with Gasteiger partial charge in [-0.25, -0.2) is 9.59 Å². The first-order chi connectivity index (χ1) is 9.06. The summed E-state index contributed by atoms with van der Waals surface area (Å²) in [6.07, 6.45) is 2.11. The topological polar surface area (TPSA) is 69.6 Å². The van der Waals surface area contributed by atoms with E-state index < -0.39 is 18.0 Å². The minimum atomic E-state index is -0.997. The molecular weight excluding hydrogens is 244 g/mol. The van der Waals surface area contributed by atoms with Crippen molar-refractivity contribution in [3.63, 3.8) is 0 Å². The van der Waals surface area contributed by atoms with Crippen molar-refractivity contribution in [1.29, 1.82) is 0 Å². The number of nitrogens with one attached hydrogen (secondary N) is 1. The molecule has 1 aromatic rings. The van der Waals surface area contributed by atoms with Crippen molar-refractivity contribution in [3.05, 3.63) is 30.3 Å². The van der Waals surface area contributed by atoms with Gasteiger partial charge >= 0.3 is 12.0 Å². The second-order valence-electron chi connectivity index (χ2n) is 4.38. The van der Waals surface area contributed by atoms with Crippen molar-refractivity contribution in [2.45, 2.75) is 32.2 Å². The third kappa shape index (κ3) is 4.62. The Morgan fingerprint density at radius 2 is 1.95 bits per heavy atom. The van der Waals surface area contributed by atoms with Crippen molar-refractivity contribution >= 4 is 17.7 Å². The molecule has 104 valence electrons. The van der Waals surface area contributed by atoms with Crippen LogP contribution in [0.3, 0.4) is 0 Å². The number of carbonyl (C=O) groups excluding carboxylic acids is 1. The van der Waals surface area contributed by atoms with E-state index in [2.05, 4.69) is 5.32 Å². The van der Waals surface area contributed by atoms with E-state index >= 15 is 0 Å². The van der Waals surface area contributed by atoms with Gasteiger partial charge in [-0.15, -0.1) is 0 Å². The number of carboxylic acid groups (broad SMARTS) is 1. The van der Waals surface area contributed by atoms with E-state index in [1.165, 1.54) is 4.90 Å². The maximum absolute atomic E-state index is 12.0. The van der Waals surface area contributed by atoms with Crippen LogP contribution in [0.25, 0.3) is 0 Å². The van der Waals surface area contributed by atoms with Crippen LogP contribution in [0.5, 0.6) is 0 Å². The van der Waals surface area contributed by atoms with Gasteiger partial charge in [0, 0.05) is 12.7 Å². The van der Waals surface area contributed by atoms with Crippen LogP contribution >= 0.6 is 0 Å². The molecule has 1 atom stereocenters. The molecule has 2 N–H and O–H groups in total. The zero-order chi connectivity index (χ0) is 14.3. The highest BCUT2D eigenvalue weighted by Gasteiger charge is 2.21. The average molecular weight is 264 g/mol. The SMILES string of the molecule is CCCCC(NC(=O)N(C)c1ccccc1)C(=O)O. The Bertz CT molecular complexity index is 420. The van der Waals surface area contributed by atoms with Crippen molar-refractivity contribution in [3.8, 4) is 0 Å². The zero-order valence-electron chi connectivity index (χ0n) is 11.3. The summed E-state index contributed by atoms with van der Waals surface area (Å²) >= 11 is 0. The number of unbranched alkanes of at least 4 members (excludes halogenated alkanes) is 1. The highest BCUT2D eigenvalue weighted by molar-refractivity contribution is 5.93. The first-order valence-corrected chi connectivity index (χ1v) is 6.38. The van der Waals surface area contributed by atoms with E-state index in [0.29, 0.717) is 6.42 Å². The second kappa shape index (κ2) is 7.41. The molecular formula is C14H20N2O3. The number of hydrogen-bond donors (Lipinski definition) is 2. The molecule has 2 amide bonds. The maximum atomic E-state index is 12.0. The number of urea groups is 1. The fourth-order valence-electron chi connectivity index (χ4n) is 1.68. The van der Waals surface area contributed by atoms with Crippen molar-refractivity contribution in [2.24, 2.45) is 0 Å². The molecule has 0 aliphatic rings. The third-order valence-corrected chi connectivity index (χ3v) is 2.89. The first kappa shape index (κ1) is 15.0. The number of benzene rings is 1. The van der Waals surface area contributed by atoms with Crippen molar-refractivity contribution in [2.75, 3.05) is 11.9 Å². The highest BCUT2D eigenvalue weighted by Crippen LogP contribution is 2.11. The highest BCUT2D eigenvalue weighted by atomic mass is 16.4.